The highest BCUT2D eigenvalue weighted by Gasteiger charge is 2.32. The van der Waals surface area contributed by atoms with Gasteiger partial charge in [0.15, 0.2) is 0 Å². The van der Waals surface area contributed by atoms with Crippen molar-refractivity contribution in [1.82, 2.24) is 10.6 Å². The summed E-state index contributed by atoms with van der Waals surface area (Å²) in [5.41, 5.74) is 0.659. The van der Waals surface area contributed by atoms with Gasteiger partial charge in [0.2, 0.25) is 17.5 Å². The fourth-order valence-corrected chi connectivity index (χ4v) is 2.70. The average molecular weight is 350 g/mol. The Morgan fingerprint density at radius 1 is 0.885 bits per heavy atom. The predicted octanol–water partition coefficient (Wildman–Crippen LogP) is 2.08. The van der Waals surface area contributed by atoms with E-state index in [9.17, 15) is 14.4 Å². The van der Waals surface area contributed by atoms with E-state index in [1.807, 2.05) is 30.3 Å². The van der Waals surface area contributed by atoms with E-state index in [0.717, 1.165) is 0 Å². The highest BCUT2D eigenvalue weighted by atomic mass is 16.5. The molecule has 3 rings (SSSR count). The van der Waals surface area contributed by atoms with Gasteiger partial charge in [0.05, 0.1) is 0 Å². The number of amides is 1. The minimum Gasteiger partial charge on any atom is -0.492 e. The lowest BCUT2D eigenvalue weighted by molar-refractivity contribution is -0.118. The van der Waals surface area contributed by atoms with Crippen LogP contribution >= 0.6 is 0 Å². The van der Waals surface area contributed by atoms with Crippen LogP contribution in [0.5, 0.6) is 5.75 Å². The van der Waals surface area contributed by atoms with Crippen LogP contribution in [-0.2, 0) is 4.79 Å². The molecule has 0 aliphatic heterocycles. The van der Waals surface area contributed by atoms with Gasteiger partial charge in [-0.25, -0.2) is 0 Å². The number of para-hydroxylation sites is 1. The molecular weight excluding hydrogens is 332 g/mol. The Morgan fingerprint density at radius 3 is 2.08 bits per heavy atom. The van der Waals surface area contributed by atoms with Gasteiger partial charge >= 0.3 is 0 Å². The predicted molar refractivity (Wildman–Crippen MR) is 95.9 cm³/mol. The van der Waals surface area contributed by atoms with Crippen molar-refractivity contribution in [1.29, 1.82) is 0 Å². The van der Waals surface area contributed by atoms with Gasteiger partial charge in [-0.05, 0) is 12.1 Å². The summed E-state index contributed by atoms with van der Waals surface area (Å²) >= 11 is 0. The van der Waals surface area contributed by atoms with Gasteiger partial charge in [0.1, 0.15) is 23.8 Å². The molecular formula is C20H18N2O4. The van der Waals surface area contributed by atoms with Gasteiger partial charge in [-0.15, -0.1) is 0 Å². The molecule has 0 fully saturated rings. The van der Waals surface area contributed by atoms with E-state index >= 15 is 0 Å². The SMILES string of the molecule is CC(=O)NC1=C(NCCOc2ccccc2)C(=O)c2ccccc2C1=O. The molecule has 1 amide bonds. The monoisotopic (exact) mass is 350 g/mol. The number of benzene rings is 2. The molecule has 0 unspecified atom stereocenters. The Morgan fingerprint density at radius 2 is 1.46 bits per heavy atom. The summed E-state index contributed by atoms with van der Waals surface area (Å²) in [6, 6.07) is 15.8. The van der Waals surface area contributed by atoms with Gasteiger partial charge in [0.25, 0.3) is 0 Å². The van der Waals surface area contributed by atoms with E-state index < -0.39 is 5.91 Å². The number of nitrogens with one attached hydrogen (secondary N) is 2. The first kappa shape index (κ1) is 17.4. The molecule has 2 aromatic rings. The van der Waals surface area contributed by atoms with E-state index in [1.165, 1.54) is 6.92 Å². The van der Waals surface area contributed by atoms with Crippen LogP contribution < -0.4 is 15.4 Å². The van der Waals surface area contributed by atoms with Gasteiger partial charge in [-0.3, -0.25) is 14.4 Å². The van der Waals surface area contributed by atoms with Gasteiger partial charge in [0, 0.05) is 24.6 Å². The second-order valence-corrected chi connectivity index (χ2v) is 5.72. The molecule has 0 aromatic heterocycles. The zero-order chi connectivity index (χ0) is 18.5. The molecule has 1 aliphatic rings. The average Bonchev–Trinajstić information content (AvgIpc) is 2.65. The fourth-order valence-electron chi connectivity index (χ4n) is 2.70. The molecule has 26 heavy (non-hydrogen) atoms. The number of Topliss-reactive ketones (excluding diaryl/α,β-unsaturated/α-hetero) is 2. The molecule has 2 N–H and O–H groups in total. The van der Waals surface area contributed by atoms with Crippen LogP contribution in [0.15, 0.2) is 66.0 Å². The van der Waals surface area contributed by atoms with Crippen LogP contribution in [0.2, 0.25) is 0 Å². The molecule has 0 spiro atoms. The maximum Gasteiger partial charge on any atom is 0.221 e. The number of hydrogen-bond donors (Lipinski definition) is 2. The Hall–Kier alpha value is -3.41. The second-order valence-electron chi connectivity index (χ2n) is 5.72. The molecule has 0 atom stereocenters. The van der Waals surface area contributed by atoms with E-state index in [-0.39, 0.29) is 28.5 Å². The number of ether oxygens (including phenoxy) is 1. The smallest absolute Gasteiger partial charge is 0.221 e. The molecule has 0 radical (unpaired) electrons. The summed E-state index contributed by atoms with van der Waals surface area (Å²) in [4.78, 5) is 36.9. The Balaban J connectivity index is 1.78. The Kier molecular flexibility index (Phi) is 5.12. The number of rotatable bonds is 6. The highest BCUT2D eigenvalue weighted by Crippen LogP contribution is 2.23. The molecule has 0 saturated carbocycles. The van der Waals surface area contributed by atoms with Crippen molar-refractivity contribution in [2.45, 2.75) is 6.92 Å². The lowest BCUT2D eigenvalue weighted by Gasteiger charge is -2.22. The molecule has 0 saturated heterocycles. The van der Waals surface area contributed by atoms with Crippen molar-refractivity contribution >= 4 is 17.5 Å². The largest absolute Gasteiger partial charge is 0.492 e. The maximum absolute atomic E-state index is 12.8. The number of carbonyl (C=O) groups is 3. The number of allylic oxidation sites excluding steroid dienone is 2. The molecule has 132 valence electrons. The number of fused-ring (bicyclic) bond motifs is 1. The Bertz CT molecular complexity index is 888. The van der Waals surface area contributed by atoms with E-state index in [1.54, 1.807) is 24.3 Å². The van der Waals surface area contributed by atoms with Crippen LogP contribution in [0, 0.1) is 0 Å². The zero-order valence-corrected chi connectivity index (χ0v) is 14.2. The minimum atomic E-state index is -0.416. The van der Waals surface area contributed by atoms with Crippen LogP contribution in [0.3, 0.4) is 0 Å². The molecule has 0 heterocycles. The lowest BCUT2D eigenvalue weighted by atomic mass is 9.90. The minimum absolute atomic E-state index is 0.0269. The molecule has 1 aliphatic carbocycles. The third kappa shape index (κ3) is 3.64. The first-order valence-corrected chi connectivity index (χ1v) is 8.20. The normalized spacial score (nSPS) is 13.3. The van der Waals surface area contributed by atoms with E-state index in [0.29, 0.717) is 24.5 Å². The first-order valence-electron chi connectivity index (χ1n) is 8.20. The van der Waals surface area contributed by atoms with Gasteiger partial charge in [-0.2, -0.15) is 0 Å². The summed E-state index contributed by atoms with van der Waals surface area (Å²) < 4.78 is 5.58. The van der Waals surface area contributed by atoms with Crippen molar-refractivity contribution in [3.63, 3.8) is 0 Å². The van der Waals surface area contributed by atoms with Gasteiger partial charge in [-0.1, -0.05) is 42.5 Å². The highest BCUT2D eigenvalue weighted by molar-refractivity contribution is 6.27. The molecule has 0 bridgehead atoms. The molecule has 6 heteroatoms. The second kappa shape index (κ2) is 7.65. The zero-order valence-electron chi connectivity index (χ0n) is 14.2. The van der Waals surface area contributed by atoms with Crippen LogP contribution in [0.25, 0.3) is 0 Å². The van der Waals surface area contributed by atoms with E-state index in [4.69, 9.17) is 4.74 Å². The molecule has 2 aromatic carbocycles. The molecule has 6 nitrogen and oxygen atoms in total. The van der Waals surface area contributed by atoms with Crippen molar-refractivity contribution in [3.05, 3.63) is 77.1 Å². The van der Waals surface area contributed by atoms with Crippen molar-refractivity contribution in [2.24, 2.45) is 0 Å². The third-order valence-corrected chi connectivity index (χ3v) is 3.84. The summed E-state index contributed by atoms with van der Waals surface area (Å²) in [6.45, 7) is 1.89. The first-order chi connectivity index (χ1) is 12.6. The topological polar surface area (TPSA) is 84.5 Å². The summed E-state index contributed by atoms with van der Waals surface area (Å²) in [5, 5.41) is 5.42. The number of carbonyl (C=O) groups excluding carboxylic acids is 3. The van der Waals surface area contributed by atoms with E-state index in [2.05, 4.69) is 10.6 Å². The van der Waals surface area contributed by atoms with Crippen molar-refractivity contribution < 1.29 is 19.1 Å². The summed E-state index contributed by atoms with van der Waals surface area (Å²) in [6.07, 6.45) is 0. The summed E-state index contributed by atoms with van der Waals surface area (Å²) in [5.74, 6) is -0.423. The van der Waals surface area contributed by atoms with Crippen LogP contribution in [0.4, 0.5) is 0 Å². The van der Waals surface area contributed by atoms with Crippen LogP contribution in [0.1, 0.15) is 27.6 Å². The quantitative estimate of drug-likeness (QED) is 0.779. The maximum atomic E-state index is 12.8. The number of hydrogen-bond acceptors (Lipinski definition) is 5. The van der Waals surface area contributed by atoms with Gasteiger partial charge < -0.3 is 15.4 Å². The fraction of sp³-hybridized carbons (Fsp3) is 0.150. The number of ketones is 2. The van der Waals surface area contributed by atoms with Crippen molar-refractivity contribution in [2.75, 3.05) is 13.2 Å². The lowest BCUT2D eigenvalue weighted by Crippen LogP contribution is -2.38. The van der Waals surface area contributed by atoms with Crippen molar-refractivity contribution in [3.8, 4) is 5.75 Å². The van der Waals surface area contributed by atoms with Crippen LogP contribution in [-0.4, -0.2) is 30.6 Å². The standard InChI is InChI=1S/C20H18N2O4/c1-13(23)22-18-17(21-11-12-26-14-7-3-2-4-8-14)19(24)15-9-5-6-10-16(15)20(18)25/h2-10,21H,11-12H2,1H3,(H,22,23). The summed E-state index contributed by atoms with van der Waals surface area (Å²) in [7, 11) is 0. The Labute approximate surface area is 150 Å². The third-order valence-electron chi connectivity index (χ3n) is 3.84.